The van der Waals surface area contributed by atoms with Crippen LogP contribution in [0.1, 0.15) is 24.8 Å². The first-order chi connectivity index (χ1) is 9.81. The van der Waals surface area contributed by atoms with Crippen molar-refractivity contribution in [2.75, 3.05) is 38.2 Å². The molecular formula is C16H21N3O. The number of fused-ring (bicyclic) bond motifs is 1. The van der Waals surface area contributed by atoms with Crippen molar-refractivity contribution in [3.05, 3.63) is 23.8 Å². The second-order valence-corrected chi connectivity index (χ2v) is 5.63. The van der Waals surface area contributed by atoms with Crippen LogP contribution in [0.4, 0.5) is 5.69 Å². The third-order valence-corrected chi connectivity index (χ3v) is 4.50. The average molecular weight is 271 g/mol. The molecule has 0 aromatic heterocycles. The Morgan fingerprint density at radius 1 is 1.25 bits per heavy atom. The molecule has 1 unspecified atom stereocenters. The molecule has 0 bridgehead atoms. The lowest BCUT2D eigenvalue weighted by molar-refractivity contribution is 0.133. The molecule has 2 aliphatic rings. The predicted molar refractivity (Wildman–Crippen MR) is 79.1 cm³/mol. The van der Waals surface area contributed by atoms with Crippen molar-refractivity contribution in [1.29, 1.82) is 5.26 Å². The zero-order valence-corrected chi connectivity index (χ0v) is 12.0. The van der Waals surface area contributed by atoms with E-state index in [9.17, 15) is 5.26 Å². The van der Waals surface area contributed by atoms with Gasteiger partial charge in [0.05, 0.1) is 18.4 Å². The van der Waals surface area contributed by atoms with Crippen LogP contribution in [0.3, 0.4) is 0 Å². The fourth-order valence-electron chi connectivity index (χ4n) is 3.37. The molecule has 2 fully saturated rings. The highest BCUT2D eigenvalue weighted by Crippen LogP contribution is 2.29. The third kappa shape index (κ3) is 2.46. The van der Waals surface area contributed by atoms with Crippen LogP contribution in [-0.2, 0) is 0 Å². The minimum Gasteiger partial charge on any atom is -0.497 e. The number of benzene rings is 1. The fraction of sp³-hybridized carbons (Fsp3) is 0.562. The molecule has 1 aromatic carbocycles. The van der Waals surface area contributed by atoms with E-state index in [4.69, 9.17) is 4.74 Å². The van der Waals surface area contributed by atoms with Crippen molar-refractivity contribution in [3.8, 4) is 11.8 Å². The number of rotatable bonds is 2. The molecule has 4 nitrogen and oxygen atoms in total. The van der Waals surface area contributed by atoms with Gasteiger partial charge in [0.1, 0.15) is 11.8 Å². The van der Waals surface area contributed by atoms with Crippen molar-refractivity contribution in [2.24, 2.45) is 0 Å². The standard InChI is InChI=1S/C16H21N3O/c1-20-15-6-5-13(11-17)16(10-15)19-9-8-18-7-3-2-4-14(18)12-19/h5-6,10,14H,2-4,7-9,12H2,1H3. The lowest BCUT2D eigenvalue weighted by Gasteiger charge is -2.45. The topological polar surface area (TPSA) is 39.5 Å². The highest BCUT2D eigenvalue weighted by molar-refractivity contribution is 5.62. The lowest BCUT2D eigenvalue weighted by Crippen LogP contribution is -2.55. The molecule has 3 rings (SSSR count). The molecule has 0 spiro atoms. The van der Waals surface area contributed by atoms with Crippen LogP contribution < -0.4 is 9.64 Å². The second kappa shape index (κ2) is 5.72. The summed E-state index contributed by atoms with van der Waals surface area (Å²) >= 11 is 0. The van der Waals surface area contributed by atoms with Gasteiger partial charge in [-0.3, -0.25) is 4.90 Å². The number of hydrogen-bond acceptors (Lipinski definition) is 4. The number of piperazine rings is 1. The van der Waals surface area contributed by atoms with Gasteiger partial charge in [-0.1, -0.05) is 6.42 Å². The Hall–Kier alpha value is -1.73. The zero-order valence-electron chi connectivity index (χ0n) is 12.0. The summed E-state index contributed by atoms with van der Waals surface area (Å²) in [6.07, 6.45) is 3.94. The molecule has 2 saturated heterocycles. The Kier molecular flexibility index (Phi) is 3.79. The smallest absolute Gasteiger partial charge is 0.121 e. The van der Waals surface area contributed by atoms with Crippen molar-refractivity contribution in [2.45, 2.75) is 25.3 Å². The minimum atomic E-state index is 0.648. The van der Waals surface area contributed by atoms with Gasteiger partial charge in [-0.2, -0.15) is 5.26 Å². The Balaban J connectivity index is 1.84. The highest BCUT2D eigenvalue weighted by Gasteiger charge is 2.29. The second-order valence-electron chi connectivity index (χ2n) is 5.63. The maximum atomic E-state index is 9.32. The molecule has 0 aliphatic carbocycles. The fourth-order valence-corrected chi connectivity index (χ4v) is 3.37. The average Bonchev–Trinajstić information content (AvgIpc) is 2.53. The quantitative estimate of drug-likeness (QED) is 0.827. The van der Waals surface area contributed by atoms with Crippen LogP contribution in [0.15, 0.2) is 18.2 Å². The molecule has 0 amide bonds. The lowest BCUT2D eigenvalue weighted by atomic mass is 9.98. The number of nitriles is 1. The molecule has 2 aliphatic heterocycles. The van der Waals surface area contributed by atoms with Crippen molar-refractivity contribution >= 4 is 5.69 Å². The van der Waals surface area contributed by atoms with Crippen LogP contribution >= 0.6 is 0 Å². The highest BCUT2D eigenvalue weighted by atomic mass is 16.5. The van der Waals surface area contributed by atoms with Gasteiger partial charge < -0.3 is 9.64 Å². The van der Waals surface area contributed by atoms with Gasteiger partial charge in [-0.25, -0.2) is 0 Å². The van der Waals surface area contributed by atoms with Crippen LogP contribution in [-0.4, -0.2) is 44.2 Å². The molecular weight excluding hydrogens is 250 g/mol. The first-order valence-corrected chi connectivity index (χ1v) is 7.39. The van der Waals surface area contributed by atoms with E-state index in [1.807, 2.05) is 18.2 Å². The van der Waals surface area contributed by atoms with Gasteiger partial charge in [0.2, 0.25) is 0 Å². The zero-order chi connectivity index (χ0) is 13.9. The molecule has 1 atom stereocenters. The summed E-state index contributed by atoms with van der Waals surface area (Å²) in [6, 6.07) is 8.67. The number of piperidine rings is 1. The van der Waals surface area contributed by atoms with Crippen LogP contribution in [0.5, 0.6) is 5.75 Å². The first kappa shape index (κ1) is 13.3. The Morgan fingerprint density at radius 3 is 2.95 bits per heavy atom. The maximum absolute atomic E-state index is 9.32. The van der Waals surface area contributed by atoms with Crippen molar-refractivity contribution in [1.82, 2.24) is 4.90 Å². The van der Waals surface area contributed by atoms with Crippen molar-refractivity contribution < 1.29 is 4.74 Å². The summed E-state index contributed by atoms with van der Waals surface area (Å²) in [4.78, 5) is 4.96. The summed E-state index contributed by atoms with van der Waals surface area (Å²) in [5.74, 6) is 0.824. The summed E-state index contributed by atoms with van der Waals surface area (Å²) < 4.78 is 5.31. The van der Waals surface area contributed by atoms with E-state index < -0.39 is 0 Å². The number of anilines is 1. The molecule has 2 heterocycles. The molecule has 1 aromatic rings. The largest absolute Gasteiger partial charge is 0.497 e. The van der Waals surface area contributed by atoms with E-state index in [1.54, 1.807) is 7.11 Å². The Morgan fingerprint density at radius 2 is 2.15 bits per heavy atom. The van der Waals surface area contributed by atoms with E-state index in [0.29, 0.717) is 6.04 Å². The predicted octanol–water partition coefficient (Wildman–Crippen LogP) is 2.24. The normalized spacial score (nSPS) is 23.0. The van der Waals surface area contributed by atoms with E-state index in [2.05, 4.69) is 15.9 Å². The van der Waals surface area contributed by atoms with Gasteiger partial charge in [-0.05, 0) is 31.5 Å². The molecule has 20 heavy (non-hydrogen) atoms. The Labute approximate surface area is 120 Å². The number of hydrogen-bond donors (Lipinski definition) is 0. The molecule has 106 valence electrons. The van der Waals surface area contributed by atoms with Gasteiger partial charge in [-0.15, -0.1) is 0 Å². The number of methoxy groups -OCH3 is 1. The van der Waals surface area contributed by atoms with E-state index in [-0.39, 0.29) is 0 Å². The number of nitrogens with zero attached hydrogens (tertiary/aromatic N) is 3. The molecule has 0 radical (unpaired) electrons. The van der Waals surface area contributed by atoms with E-state index >= 15 is 0 Å². The summed E-state index contributed by atoms with van der Waals surface area (Å²) in [7, 11) is 1.67. The van der Waals surface area contributed by atoms with Crippen LogP contribution in [0.2, 0.25) is 0 Å². The summed E-state index contributed by atoms with van der Waals surface area (Å²) in [5.41, 5.74) is 1.77. The van der Waals surface area contributed by atoms with Gasteiger partial charge in [0.25, 0.3) is 0 Å². The maximum Gasteiger partial charge on any atom is 0.121 e. The van der Waals surface area contributed by atoms with E-state index in [0.717, 1.165) is 36.6 Å². The van der Waals surface area contributed by atoms with Crippen LogP contribution in [0.25, 0.3) is 0 Å². The van der Waals surface area contributed by atoms with Gasteiger partial charge in [0.15, 0.2) is 0 Å². The Bertz CT molecular complexity index is 523. The summed E-state index contributed by atoms with van der Waals surface area (Å²) in [6.45, 7) is 4.37. The number of ether oxygens (including phenoxy) is 1. The van der Waals surface area contributed by atoms with Gasteiger partial charge in [0, 0.05) is 31.7 Å². The first-order valence-electron chi connectivity index (χ1n) is 7.39. The summed E-state index contributed by atoms with van der Waals surface area (Å²) in [5, 5.41) is 9.32. The van der Waals surface area contributed by atoms with Gasteiger partial charge >= 0.3 is 0 Å². The van der Waals surface area contributed by atoms with Crippen molar-refractivity contribution in [3.63, 3.8) is 0 Å². The molecule has 0 saturated carbocycles. The monoisotopic (exact) mass is 271 g/mol. The van der Waals surface area contributed by atoms with Crippen LogP contribution in [0, 0.1) is 11.3 Å². The molecule has 0 N–H and O–H groups in total. The SMILES string of the molecule is COc1ccc(C#N)c(N2CCN3CCCCC3C2)c1. The minimum absolute atomic E-state index is 0.648. The molecule has 4 heteroatoms. The third-order valence-electron chi connectivity index (χ3n) is 4.50. The van der Waals surface area contributed by atoms with E-state index in [1.165, 1.54) is 25.8 Å².